The molecule has 2 aromatic carbocycles. The van der Waals surface area contributed by atoms with Gasteiger partial charge in [0.25, 0.3) is 0 Å². The molecule has 0 bridgehead atoms. The van der Waals surface area contributed by atoms with Crippen LogP contribution in [0.5, 0.6) is 5.75 Å². The number of rotatable bonds is 7. The predicted molar refractivity (Wildman–Crippen MR) is 125 cm³/mol. The van der Waals surface area contributed by atoms with E-state index >= 15 is 0 Å². The van der Waals surface area contributed by atoms with Gasteiger partial charge in [0.05, 0.1) is 11.7 Å². The van der Waals surface area contributed by atoms with E-state index in [2.05, 4.69) is 15.0 Å². The van der Waals surface area contributed by atoms with Crippen molar-refractivity contribution in [2.24, 2.45) is 5.14 Å². The molecule has 3 aromatic rings. The number of hydrogen-bond acceptors (Lipinski definition) is 5. The van der Waals surface area contributed by atoms with Gasteiger partial charge in [-0.3, -0.25) is 4.98 Å². The summed E-state index contributed by atoms with van der Waals surface area (Å²) in [5.41, 5.74) is -0.478. The normalized spacial score (nSPS) is 15.6. The van der Waals surface area contributed by atoms with E-state index in [1.807, 2.05) is 0 Å². The summed E-state index contributed by atoms with van der Waals surface area (Å²) < 4.78 is 76.1. The number of nitrogens with zero attached hydrogens (tertiary/aromatic N) is 1. The molecule has 6 N–H and O–H groups in total. The molecule has 1 aromatic heterocycles. The highest BCUT2D eigenvalue weighted by atomic mass is 32.2. The summed E-state index contributed by atoms with van der Waals surface area (Å²) in [6.07, 6.45) is 0.887. The number of alkyl halides is 3. The number of phenols is 1. The maximum atomic E-state index is 14.6. The summed E-state index contributed by atoms with van der Waals surface area (Å²) >= 11 is -1.74. The number of fused-ring (bicyclic) bond motifs is 1. The van der Waals surface area contributed by atoms with E-state index < -0.39 is 40.6 Å². The summed E-state index contributed by atoms with van der Waals surface area (Å²) in [4.78, 5) is 4.09. The first-order valence-corrected chi connectivity index (χ1v) is 12.1. The summed E-state index contributed by atoms with van der Waals surface area (Å²) in [5, 5.41) is 28.8. The second-order valence-electron chi connectivity index (χ2n) is 8.18. The Morgan fingerprint density at radius 3 is 2.44 bits per heavy atom. The van der Waals surface area contributed by atoms with Crippen molar-refractivity contribution in [3.8, 4) is 5.75 Å². The number of nitrogens with one attached hydrogen (secondary N) is 2. The number of halogens is 5. The van der Waals surface area contributed by atoms with Gasteiger partial charge in [0.15, 0.2) is 11.2 Å². The van der Waals surface area contributed by atoms with Gasteiger partial charge in [-0.1, -0.05) is 6.42 Å². The molecular weight excluding hydrogens is 507 g/mol. The maximum absolute atomic E-state index is 14.6. The predicted octanol–water partition coefficient (Wildman–Crippen LogP) is 3.73. The Bertz CT molecular complexity index is 1220. The van der Waals surface area contributed by atoms with Gasteiger partial charge in [-0.2, -0.15) is 13.2 Å². The van der Waals surface area contributed by atoms with Gasteiger partial charge in [0.1, 0.15) is 17.4 Å². The molecule has 1 heterocycles. The molecule has 0 spiro atoms. The molecule has 7 nitrogen and oxygen atoms in total. The van der Waals surface area contributed by atoms with E-state index in [-0.39, 0.29) is 12.4 Å². The van der Waals surface area contributed by atoms with E-state index in [0.29, 0.717) is 41.2 Å². The number of aliphatic hydroxyl groups excluding tert-OH is 1. The van der Waals surface area contributed by atoms with Crippen LogP contribution in [-0.4, -0.2) is 32.0 Å². The molecule has 13 heteroatoms. The van der Waals surface area contributed by atoms with E-state index in [1.165, 1.54) is 12.5 Å². The van der Waals surface area contributed by atoms with Crippen LogP contribution in [0.3, 0.4) is 0 Å². The minimum Gasteiger partial charge on any atom is -0.508 e. The van der Waals surface area contributed by atoms with Gasteiger partial charge < -0.3 is 15.5 Å². The lowest BCUT2D eigenvalue weighted by atomic mass is 9.92. The Kier molecular flexibility index (Phi) is 9.30. The van der Waals surface area contributed by atoms with Crippen LogP contribution < -0.4 is 15.2 Å². The molecule has 0 amide bonds. The SMILES string of the molecule is NS(=O)NCC(O)c1cc(F)c(CNC2CCC2)c2ccncc12.Oc1ccc(F)c(C(F)(F)F)c1. The van der Waals surface area contributed by atoms with Crippen LogP contribution in [0, 0.1) is 11.6 Å². The van der Waals surface area contributed by atoms with Gasteiger partial charge in [-0.25, -0.2) is 22.9 Å². The standard InChI is InChI=1S/C16H21FN4O2S.C7H4F4O/c17-15-6-12(16(22)9-21-24(18)23)13-7-19-5-4-11(13)14(15)8-20-10-2-1-3-10;8-6-2-1-4(12)3-5(6)7(9,10)11/h4-7,10,16,20-22H,1-3,8-9,18H2;1-3,12H. The quantitative estimate of drug-likeness (QED) is 0.297. The third-order valence-electron chi connectivity index (χ3n) is 5.73. The topological polar surface area (TPSA) is 121 Å². The lowest BCUT2D eigenvalue weighted by Crippen LogP contribution is -2.34. The van der Waals surface area contributed by atoms with E-state index in [4.69, 9.17) is 10.2 Å². The molecule has 2 unspecified atom stereocenters. The van der Waals surface area contributed by atoms with Gasteiger partial charge in [0, 0.05) is 42.5 Å². The third kappa shape index (κ3) is 7.17. The highest BCUT2D eigenvalue weighted by Crippen LogP contribution is 2.33. The Balaban J connectivity index is 0.000000253. The fourth-order valence-corrected chi connectivity index (χ4v) is 3.96. The Hall–Kier alpha value is -2.71. The zero-order valence-electron chi connectivity index (χ0n) is 18.9. The fraction of sp³-hybridized carbons (Fsp3) is 0.348. The number of pyridine rings is 1. The number of aliphatic hydroxyl groups is 1. The van der Waals surface area contributed by atoms with Crippen LogP contribution >= 0.6 is 0 Å². The first kappa shape index (κ1) is 27.9. The highest BCUT2D eigenvalue weighted by Gasteiger charge is 2.34. The summed E-state index contributed by atoms with van der Waals surface area (Å²) in [6, 6.07) is 5.29. The van der Waals surface area contributed by atoms with Crippen molar-refractivity contribution < 1.29 is 36.4 Å². The van der Waals surface area contributed by atoms with Crippen molar-refractivity contribution >= 4 is 21.9 Å². The third-order valence-corrected chi connectivity index (χ3v) is 6.18. The molecule has 196 valence electrons. The number of benzene rings is 2. The van der Waals surface area contributed by atoms with Crippen molar-refractivity contribution in [2.75, 3.05) is 6.54 Å². The summed E-state index contributed by atoms with van der Waals surface area (Å²) in [6.45, 7) is 0.407. The van der Waals surface area contributed by atoms with Crippen molar-refractivity contribution in [1.29, 1.82) is 0 Å². The Labute approximate surface area is 206 Å². The van der Waals surface area contributed by atoms with Crippen LogP contribution in [0.1, 0.15) is 42.1 Å². The molecule has 0 aliphatic heterocycles. The average Bonchev–Trinajstić information content (AvgIpc) is 2.78. The molecule has 1 fully saturated rings. The van der Waals surface area contributed by atoms with E-state index in [0.717, 1.165) is 24.3 Å². The van der Waals surface area contributed by atoms with Crippen LogP contribution in [-0.2, 0) is 23.9 Å². The van der Waals surface area contributed by atoms with E-state index in [1.54, 1.807) is 18.5 Å². The number of phenolic OH excluding ortho intramolecular Hbond substituents is 1. The summed E-state index contributed by atoms with van der Waals surface area (Å²) in [7, 11) is 0. The van der Waals surface area contributed by atoms with Crippen LogP contribution in [0.25, 0.3) is 10.8 Å². The van der Waals surface area contributed by atoms with Crippen LogP contribution in [0.4, 0.5) is 22.0 Å². The van der Waals surface area contributed by atoms with Gasteiger partial charge in [-0.05, 0) is 54.1 Å². The Morgan fingerprint density at radius 2 is 1.86 bits per heavy atom. The Morgan fingerprint density at radius 1 is 1.14 bits per heavy atom. The first-order chi connectivity index (χ1) is 17.0. The monoisotopic (exact) mass is 532 g/mol. The van der Waals surface area contributed by atoms with Crippen molar-refractivity contribution in [2.45, 2.75) is 44.1 Å². The first-order valence-electron chi connectivity index (χ1n) is 10.9. The van der Waals surface area contributed by atoms with Crippen molar-refractivity contribution in [1.82, 2.24) is 15.0 Å². The lowest BCUT2D eigenvalue weighted by molar-refractivity contribution is -0.140. The molecule has 0 radical (unpaired) electrons. The molecule has 36 heavy (non-hydrogen) atoms. The molecule has 2 atom stereocenters. The molecular formula is C23H25F5N4O3S. The largest absolute Gasteiger partial charge is 0.508 e. The fourth-order valence-electron chi connectivity index (χ4n) is 3.63. The molecule has 4 rings (SSSR count). The molecule has 1 aliphatic rings. The highest BCUT2D eigenvalue weighted by molar-refractivity contribution is 7.80. The minimum absolute atomic E-state index is 0.0355. The second-order valence-corrected chi connectivity index (χ2v) is 9.06. The van der Waals surface area contributed by atoms with Crippen molar-refractivity contribution in [3.63, 3.8) is 0 Å². The number of nitrogens with two attached hydrogens (primary N) is 1. The van der Waals surface area contributed by atoms with Gasteiger partial charge in [0.2, 0.25) is 0 Å². The zero-order valence-corrected chi connectivity index (χ0v) is 19.7. The lowest BCUT2D eigenvalue weighted by Gasteiger charge is -2.27. The van der Waals surface area contributed by atoms with Crippen LogP contribution in [0.15, 0.2) is 42.7 Å². The van der Waals surface area contributed by atoms with Gasteiger partial charge >= 0.3 is 6.18 Å². The van der Waals surface area contributed by atoms with Gasteiger partial charge in [-0.15, -0.1) is 0 Å². The summed E-state index contributed by atoms with van der Waals surface area (Å²) in [5.74, 6) is -2.37. The van der Waals surface area contributed by atoms with E-state index in [9.17, 15) is 31.3 Å². The smallest absolute Gasteiger partial charge is 0.419 e. The maximum Gasteiger partial charge on any atom is 0.419 e. The van der Waals surface area contributed by atoms with Crippen LogP contribution in [0.2, 0.25) is 0 Å². The molecule has 1 saturated carbocycles. The number of aromatic nitrogens is 1. The number of aromatic hydroxyl groups is 1. The molecule has 1 aliphatic carbocycles. The van der Waals surface area contributed by atoms with Crippen molar-refractivity contribution in [3.05, 3.63) is 71.1 Å². The zero-order chi connectivity index (χ0) is 26.5. The second kappa shape index (κ2) is 12.0. The number of hydrogen-bond donors (Lipinski definition) is 5. The minimum atomic E-state index is -4.76. The average molecular weight is 533 g/mol. The molecule has 0 saturated heterocycles.